The average Bonchev–Trinajstić information content (AvgIpc) is 3.08. The molecule has 1 saturated heterocycles. The van der Waals surface area contributed by atoms with Gasteiger partial charge in [-0.1, -0.05) is 24.3 Å². The lowest BCUT2D eigenvalue weighted by atomic mass is 10.0. The van der Waals surface area contributed by atoms with Crippen LogP contribution >= 0.6 is 23.5 Å². The third-order valence-electron chi connectivity index (χ3n) is 5.08. The molecule has 176 valence electrons. The molecule has 2 atom stereocenters. The van der Waals surface area contributed by atoms with Crippen LogP contribution < -0.4 is 9.47 Å². The monoisotopic (exact) mass is 490 g/mol. The highest BCUT2D eigenvalue weighted by molar-refractivity contribution is 8.00. The van der Waals surface area contributed by atoms with E-state index in [1.165, 1.54) is 23.5 Å². The minimum atomic E-state index is -1.67. The van der Waals surface area contributed by atoms with Crippen molar-refractivity contribution in [2.75, 3.05) is 26.6 Å². The molecule has 33 heavy (non-hydrogen) atoms. The Morgan fingerprint density at radius 3 is 2.00 bits per heavy atom. The fourth-order valence-electron chi connectivity index (χ4n) is 3.31. The topological polar surface area (TPSA) is 88.1 Å². The average molecular weight is 491 g/mol. The summed E-state index contributed by atoms with van der Waals surface area (Å²) in [6.45, 7) is 1.79. The van der Waals surface area contributed by atoms with Gasteiger partial charge in [0, 0.05) is 17.3 Å². The van der Waals surface area contributed by atoms with Crippen molar-refractivity contribution in [3.8, 4) is 11.5 Å². The summed E-state index contributed by atoms with van der Waals surface area (Å²) in [5.41, 5.74) is 0.271. The van der Waals surface area contributed by atoms with Crippen molar-refractivity contribution in [3.05, 3.63) is 59.7 Å². The Kier molecular flexibility index (Phi) is 8.68. The van der Waals surface area contributed by atoms with Crippen LogP contribution in [0.4, 0.5) is 0 Å². The number of esters is 2. The smallest absolute Gasteiger partial charge is 0.377 e. The van der Waals surface area contributed by atoms with Crippen LogP contribution in [-0.2, 0) is 35.4 Å². The molecule has 0 saturated carbocycles. The van der Waals surface area contributed by atoms with E-state index in [4.69, 9.17) is 18.9 Å². The normalized spacial score (nSPS) is 19.8. The van der Waals surface area contributed by atoms with Crippen molar-refractivity contribution < 1.29 is 33.3 Å². The molecule has 0 N–H and O–H groups in total. The van der Waals surface area contributed by atoms with E-state index in [0.717, 1.165) is 22.6 Å². The number of methoxy groups -OCH3 is 2. The van der Waals surface area contributed by atoms with Crippen LogP contribution in [0.3, 0.4) is 0 Å². The van der Waals surface area contributed by atoms with E-state index in [0.29, 0.717) is 11.5 Å². The predicted octanol–water partition coefficient (Wildman–Crippen LogP) is 3.67. The SMILES string of the molecule is CCOC(=O)C1(CSCc2ccc(OC)cc2)OC(=O)C(=O)C1SCc1ccc(OC)cc1. The summed E-state index contributed by atoms with van der Waals surface area (Å²) in [6, 6.07) is 14.9. The standard InChI is InChI=1S/C24H26O7S2/c1-4-30-23(27)24(15-32-13-16-5-9-18(28-2)10-6-16)21(20(25)22(26)31-24)33-14-17-7-11-19(29-3)12-8-17/h5-12,21H,4,13-15H2,1-3H3. The second kappa shape index (κ2) is 11.5. The number of carbonyl (C=O) groups excluding carboxylic acids is 3. The van der Waals surface area contributed by atoms with Crippen molar-refractivity contribution in [2.24, 2.45) is 0 Å². The Bertz CT molecular complexity index is 975. The first-order valence-corrected chi connectivity index (χ1v) is 12.5. The Balaban J connectivity index is 1.76. The minimum absolute atomic E-state index is 0.107. The van der Waals surface area contributed by atoms with E-state index in [1.807, 2.05) is 48.5 Å². The fourth-order valence-corrected chi connectivity index (χ4v) is 5.89. The zero-order valence-corrected chi connectivity index (χ0v) is 20.3. The van der Waals surface area contributed by atoms with E-state index in [9.17, 15) is 14.4 Å². The van der Waals surface area contributed by atoms with Crippen molar-refractivity contribution in [2.45, 2.75) is 29.3 Å². The van der Waals surface area contributed by atoms with Crippen LogP contribution in [0.25, 0.3) is 0 Å². The number of Topliss-reactive ketones (excluding diaryl/α,β-unsaturated/α-hetero) is 1. The van der Waals surface area contributed by atoms with Crippen LogP contribution in [0.1, 0.15) is 18.1 Å². The van der Waals surface area contributed by atoms with Gasteiger partial charge in [-0.05, 0) is 42.3 Å². The molecule has 2 unspecified atom stereocenters. The number of rotatable bonds is 11. The molecule has 7 nitrogen and oxygen atoms in total. The van der Waals surface area contributed by atoms with Gasteiger partial charge in [-0.25, -0.2) is 9.59 Å². The number of hydrogen-bond donors (Lipinski definition) is 0. The molecule has 1 aliphatic rings. The highest BCUT2D eigenvalue weighted by Crippen LogP contribution is 2.40. The molecule has 0 radical (unpaired) electrons. The van der Waals surface area contributed by atoms with E-state index in [-0.39, 0.29) is 12.4 Å². The molecular weight excluding hydrogens is 464 g/mol. The molecule has 9 heteroatoms. The molecule has 1 heterocycles. The molecule has 2 aromatic rings. The molecule has 1 aliphatic heterocycles. The third kappa shape index (κ3) is 5.83. The lowest BCUT2D eigenvalue weighted by Gasteiger charge is -2.29. The zero-order chi connectivity index (χ0) is 23.8. The van der Waals surface area contributed by atoms with Gasteiger partial charge in [-0.15, -0.1) is 11.8 Å². The Morgan fingerprint density at radius 1 is 0.939 bits per heavy atom. The number of cyclic esters (lactones) is 1. The van der Waals surface area contributed by atoms with E-state index in [2.05, 4.69) is 0 Å². The van der Waals surface area contributed by atoms with Gasteiger partial charge in [0.15, 0.2) is 0 Å². The number of benzene rings is 2. The summed E-state index contributed by atoms with van der Waals surface area (Å²) in [5.74, 6) is 0.140. The van der Waals surface area contributed by atoms with Gasteiger partial charge in [0.25, 0.3) is 5.78 Å². The summed E-state index contributed by atoms with van der Waals surface area (Å²) in [4.78, 5) is 38.0. The number of thioether (sulfide) groups is 2. The van der Waals surface area contributed by atoms with Gasteiger partial charge in [-0.2, -0.15) is 11.8 Å². The Morgan fingerprint density at radius 2 is 1.48 bits per heavy atom. The third-order valence-corrected chi connectivity index (χ3v) is 7.68. The quantitative estimate of drug-likeness (QED) is 0.346. The van der Waals surface area contributed by atoms with Crippen molar-refractivity contribution in [3.63, 3.8) is 0 Å². The van der Waals surface area contributed by atoms with E-state index in [1.54, 1.807) is 21.1 Å². The molecule has 0 aromatic heterocycles. The highest BCUT2D eigenvalue weighted by atomic mass is 32.2. The van der Waals surface area contributed by atoms with Crippen molar-refractivity contribution >= 4 is 41.2 Å². The summed E-state index contributed by atoms with van der Waals surface area (Å²) >= 11 is 2.61. The molecule has 0 spiro atoms. The molecule has 1 fully saturated rings. The van der Waals surface area contributed by atoms with Crippen LogP contribution in [0.5, 0.6) is 11.5 Å². The number of carbonyl (C=O) groups is 3. The second-order valence-corrected chi connectivity index (χ2v) is 9.32. The first-order valence-electron chi connectivity index (χ1n) is 10.3. The molecule has 3 rings (SSSR count). The largest absolute Gasteiger partial charge is 0.497 e. The highest BCUT2D eigenvalue weighted by Gasteiger charge is 2.61. The fraction of sp³-hybridized carbons (Fsp3) is 0.375. The summed E-state index contributed by atoms with van der Waals surface area (Å²) in [5, 5.41) is -0.991. The maximum Gasteiger partial charge on any atom is 0.377 e. The molecule has 0 bridgehead atoms. The van der Waals surface area contributed by atoms with E-state index >= 15 is 0 Å². The van der Waals surface area contributed by atoms with Gasteiger partial charge in [0.1, 0.15) is 16.7 Å². The lowest BCUT2D eigenvalue weighted by molar-refractivity contribution is -0.171. The molecular formula is C24H26O7S2. The number of hydrogen-bond acceptors (Lipinski definition) is 9. The van der Waals surface area contributed by atoms with Gasteiger partial charge >= 0.3 is 11.9 Å². The lowest BCUT2D eigenvalue weighted by Crippen LogP contribution is -2.51. The number of ketones is 1. The Hall–Kier alpha value is -2.65. The minimum Gasteiger partial charge on any atom is -0.497 e. The first-order chi connectivity index (χ1) is 15.9. The maximum atomic E-state index is 13.0. The first kappa shape index (κ1) is 25.0. The summed E-state index contributed by atoms with van der Waals surface area (Å²) in [6.07, 6.45) is 0. The number of ether oxygens (including phenoxy) is 4. The van der Waals surface area contributed by atoms with Crippen molar-refractivity contribution in [1.29, 1.82) is 0 Å². The summed E-state index contributed by atoms with van der Waals surface area (Å²) in [7, 11) is 3.18. The van der Waals surface area contributed by atoms with Crippen LogP contribution in [0.15, 0.2) is 48.5 Å². The predicted molar refractivity (Wildman–Crippen MR) is 128 cm³/mol. The molecule has 0 aliphatic carbocycles. The van der Waals surface area contributed by atoms with Gasteiger partial charge in [0.05, 0.1) is 20.8 Å². The zero-order valence-electron chi connectivity index (χ0n) is 18.7. The van der Waals surface area contributed by atoms with Gasteiger partial charge in [-0.3, -0.25) is 4.79 Å². The van der Waals surface area contributed by atoms with Gasteiger partial charge < -0.3 is 18.9 Å². The molecule has 0 amide bonds. The second-order valence-electron chi connectivity index (χ2n) is 7.24. The molecule has 2 aromatic carbocycles. The van der Waals surface area contributed by atoms with Crippen molar-refractivity contribution in [1.82, 2.24) is 0 Å². The van der Waals surface area contributed by atoms with Crippen LogP contribution in [0, 0.1) is 0 Å². The maximum absolute atomic E-state index is 13.0. The van der Waals surface area contributed by atoms with Gasteiger partial charge in [0.2, 0.25) is 5.60 Å². The Labute approximate surface area is 201 Å². The van der Waals surface area contributed by atoms with Crippen LogP contribution in [-0.4, -0.2) is 55.2 Å². The summed E-state index contributed by atoms with van der Waals surface area (Å²) < 4.78 is 21.0. The van der Waals surface area contributed by atoms with Crippen LogP contribution in [0.2, 0.25) is 0 Å². The van der Waals surface area contributed by atoms with E-state index < -0.39 is 28.6 Å².